The number of hydrogen-bond acceptors (Lipinski definition) is 6. The van der Waals surface area contributed by atoms with E-state index in [0.29, 0.717) is 0 Å². The molecule has 0 fully saturated rings. The first-order chi connectivity index (χ1) is 13.2. The number of rotatable bonds is 5. The van der Waals surface area contributed by atoms with Crippen molar-refractivity contribution in [3.8, 4) is 0 Å². The molecule has 2 aromatic rings. The Morgan fingerprint density at radius 2 is 2.00 bits per heavy atom. The summed E-state index contributed by atoms with van der Waals surface area (Å²) >= 11 is 0. The average molecular weight is 403 g/mol. The molecule has 0 bridgehead atoms. The monoisotopic (exact) mass is 403 g/mol. The summed E-state index contributed by atoms with van der Waals surface area (Å²) in [5, 5.41) is 14.1. The van der Waals surface area contributed by atoms with Gasteiger partial charge in [-0.1, -0.05) is 18.2 Å². The lowest BCUT2D eigenvalue weighted by atomic mass is 9.96. The van der Waals surface area contributed by atoms with Crippen molar-refractivity contribution in [2.24, 2.45) is 0 Å². The number of carbonyl (C=O) groups is 1. The fraction of sp³-hybridized carbons (Fsp3) is 0.316. The molecule has 0 saturated carbocycles. The van der Waals surface area contributed by atoms with Crippen LogP contribution in [0.4, 0.5) is 17.1 Å². The van der Waals surface area contributed by atoms with Crippen LogP contribution in [0, 0.1) is 10.1 Å². The van der Waals surface area contributed by atoms with E-state index >= 15 is 0 Å². The lowest BCUT2D eigenvalue weighted by molar-refractivity contribution is -0.384. The molecule has 1 heterocycles. The third kappa shape index (κ3) is 3.99. The first-order valence-electron chi connectivity index (χ1n) is 8.81. The first-order valence-corrected chi connectivity index (χ1v) is 10.7. The molecule has 0 aromatic heterocycles. The fourth-order valence-corrected chi connectivity index (χ4v) is 4.01. The molecule has 9 heteroatoms. The van der Waals surface area contributed by atoms with Crippen molar-refractivity contribution in [2.75, 3.05) is 23.0 Å². The fourth-order valence-electron chi connectivity index (χ4n) is 3.37. The first kappa shape index (κ1) is 19.8. The van der Waals surface area contributed by atoms with Gasteiger partial charge in [0.1, 0.15) is 5.69 Å². The van der Waals surface area contributed by atoms with Gasteiger partial charge in [0.05, 0.1) is 16.4 Å². The van der Waals surface area contributed by atoms with Crippen molar-refractivity contribution in [1.82, 2.24) is 0 Å². The van der Waals surface area contributed by atoms with E-state index in [4.69, 9.17) is 0 Å². The number of fused-ring (bicyclic) bond motifs is 1. The van der Waals surface area contributed by atoms with Crippen molar-refractivity contribution >= 4 is 32.8 Å². The van der Waals surface area contributed by atoms with Crippen molar-refractivity contribution in [3.63, 3.8) is 0 Å². The number of carbonyl (C=O) groups excluding carboxylic acids is 1. The molecule has 1 atom stereocenters. The van der Waals surface area contributed by atoms with E-state index in [-0.39, 0.29) is 34.8 Å². The molecule has 0 unspecified atom stereocenters. The maximum Gasteiger partial charge on any atom is 0.293 e. The zero-order chi connectivity index (χ0) is 20.5. The van der Waals surface area contributed by atoms with Crippen LogP contribution in [0.3, 0.4) is 0 Å². The number of para-hydroxylation sites is 1. The van der Waals surface area contributed by atoms with Gasteiger partial charge in [-0.25, -0.2) is 8.42 Å². The highest BCUT2D eigenvalue weighted by molar-refractivity contribution is 7.90. The second-order valence-electron chi connectivity index (χ2n) is 6.84. The van der Waals surface area contributed by atoms with E-state index in [1.54, 1.807) is 4.90 Å². The lowest BCUT2D eigenvalue weighted by Gasteiger charge is -2.35. The summed E-state index contributed by atoms with van der Waals surface area (Å²) in [7, 11) is -3.57. The predicted octanol–water partition coefficient (Wildman–Crippen LogP) is 2.78. The maximum atomic E-state index is 12.8. The molecule has 0 saturated heterocycles. The summed E-state index contributed by atoms with van der Waals surface area (Å²) in [6.07, 6.45) is 2.72. The molecule has 1 amide bonds. The molecule has 1 aliphatic heterocycles. The predicted molar refractivity (Wildman–Crippen MR) is 106 cm³/mol. The van der Waals surface area contributed by atoms with E-state index in [1.807, 2.05) is 31.2 Å². The summed E-state index contributed by atoms with van der Waals surface area (Å²) in [5.74, 6) is -0.207. The standard InChI is InChI=1S/C19H21N3O5S/c1-13-7-8-14-5-3-4-6-17(14)21(13)19(23)12-20-16-10-9-15(28(2,26)27)11-18(16)22(24)25/h3-6,9-11,13,20H,7-8,12H2,1-2H3/t13-/m0/s1. The Morgan fingerprint density at radius 1 is 1.29 bits per heavy atom. The molecule has 0 aliphatic carbocycles. The molecule has 1 aliphatic rings. The van der Waals surface area contributed by atoms with Crippen molar-refractivity contribution < 1.29 is 18.1 Å². The topological polar surface area (TPSA) is 110 Å². The molecule has 1 N–H and O–H groups in total. The van der Waals surface area contributed by atoms with Crippen LogP contribution in [0.25, 0.3) is 0 Å². The molecule has 2 aromatic carbocycles. The molecular weight excluding hydrogens is 382 g/mol. The van der Waals surface area contributed by atoms with Gasteiger partial charge in [0.15, 0.2) is 9.84 Å². The molecule has 28 heavy (non-hydrogen) atoms. The Hall–Kier alpha value is -2.94. The van der Waals surface area contributed by atoms with Crippen molar-refractivity contribution in [1.29, 1.82) is 0 Å². The Bertz CT molecular complexity index is 1040. The Kier molecular flexibility index (Phi) is 5.37. The maximum absolute atomic E-state index is 12.8. The summed E-state index contributed by atoms with van der Waals surface area (Å²) in [4.78, 5) is 25.1. The third-order valence-electron chi connectivity index (χ3n) is 4.82. The Balaban J connectivity index is 1.83. The van der Waals surface area contributed by atoms with Gasteiger partial charge < -0.3 is 10.2 Å². The van der Waals surface area contributed by atoms with Crippen LogP contribution < -0.4 is 10.2 Å². The summed E-state index contributed by atoms with van der Waals surface area (Å²) in [6, 6.07) is 11.3. The quantitative estimate of drug-likeness (QED) is 0.607. The van der Waals surface area contributed by atoms with Crippen LogP contribution in [-0.2, 0) is 21.1 Å². The van der Waals surface area contributed by atoms with Crippen LogP contribution >= 0.6 is 0 Å². The second-order valence-corrected chi connectivity index (χ2v) is 8.86. The second kappa shape index (κ2) is 7.59. The lowest BCUT2D eigenvalue weighted by Crippen LogP contribution is -2.44. The number of nitro groups is 1. The summed E-state index contributed by atoms with van der Waals surface area (Å²) in [6.45, 7) is 1.83. The minimum atomic E-state index is -3.57. The average Bonchev–Trinajstić information content (AvgIpc) is 2.65. The summed E-state index contributed by atoms with van der Waals surface area (Å²) < 4.78 is 23.3. The normalized spacial score (nSPS) is 16.4. The van der Waals surface area contributed by atoms with Gasteiger partial charge >= 0.3 is 0 Å². The summed E-state index contributed by atoms with van der Waals surface area (Å²) in [5.41, 5.74) is 1.67. The van der Waals surface area contributed by atoms with Gasteiger partial charge in [-0.15, -0.1) is 0 Å². The highest BCUT2D eigenvalue weighted by Crippen LogP contribution is 2.31. The number of nitro benzene ring substituents is 1. The minimum Gasteiger partial charge on any atom is -0.371 e. The number of amides is 1. The molecule has 3 rings (SSSR count). The van der Waals surface area contributed by atoms with E-state index in [0.717, 1.165) is 36.4 Å². The van der Waals surface area contributed by atoms with Crippen LogP contribution in [0.2, 0.25) is 0 Å². The van der Waals surface area contributed by atoms with Gasteiger partial charge in [-0.3, -0.25) is 14.9 Å². The van der Waals surface area contributed by atoms with Crippen LogP contribution in [0.15, 0.2) is 47.4 Å². The minimum absolute atomic E-state index is 0.0202. The molecule has 0 spiro atoms. The van der Waals surface area contributed by atoms with E-state index < -0.39 is 14.8 Å². The SMILES string of the molecule is C[C@H]1CCc2ccccc2N1C(=O)CNc1ccc(S(C)(=O)=O)cc1[N+](=O)[O-]. The highest BCUT2D eigenvalue weighted by Gasteiger charge is 2.28. The van der Waals surface area contributed by atoms with Gasteiger partial charge in [-0.2, -0.15) is 0 Å². The molecule has 0 radical (unpaired) electrons. The van der Waals surface area contributed by atoms with Crippen LogP contribution in [0.5, 0.6) is 0 Å². The zero-order valence-electron chi connectivity index (χ0n) is 15.6. The number of aryl methyl sites for hydroxylation is 1. The van der Waals surface area contributed by atoms with E-state index in [1.165, 1.54) is 12.1 Å². The van der Waals surface area contributed by atoms with Crippen LogP contribution in [0.1, 0.15) is 18.9 Å². The largest absolute Gasteiger partial charge is 0.371 e. The Morgan fingerprint density at radius 3 is 2.68 bits per heavy atom. The Labute approximate surface area is 163 Å². The van der Waals surface area contributed by atoms with Gasteiger partial charge in [-0.05, 0) is 43.5 Å². The van der Waals surface area contributed by atoms with Crippen LogP contribution in [-0.4, -0.2) is 38.1 Å². The number of anilines is 2. The molecular formula is C19H21N3O5S. The molecule has 8 nitrogen and oxygen atoms in total. The zero-order valence-corrected chi connectivity index (χ0v) is 16.4. The number of nitrogens with one attached hydrogen (secondary N) is 1. The number of hydrogen-bond donors (Lipinski definition) is 1. The van der Waals surface area contributed by atoms with Crippen molar-refractivity contribution in [2.45, 2.75) is 30.7 Å². The van der Waals surface area contributed by atoms with E-state index in [2.05, 4.69) is 5.32 Å². The number of nitrogens with zero attached hydrogens (tertiary/aromatic N) is 2. The highest BCUT2D eigenvalue weighted by atomic mass is 32.2. The number of benzene rings is 2. The van der Waals surface area contributed by atoms with Gasteiger partial charge in [0.25, 0.3) is 5.69 Å². The van der Waals surface area contributed by atoms with E-state index in [9.17, 15) is 23.3 Å². The van der Waals surface area contributed by atoms with Gasteiger partial charge in [0, 0.05) is 24.1 Å². The smallest absolute Gasteiger partial charge is 0.293 e. The number of sulfone groups is 1. The van der Waals surface area contributed by atoms with Gasteiger partial charge in [0.2, 0.25) is 5.91 Å². The third-order valence-corrected chi connectivity index (χ3v) is 5.93. The molecule has 148 valence electrons. The van der Waals surface area contributed by atoms with Crippen molar-refractivity contribution in [3.05, 3.63) is 58.1 Å².